The third kappa shape index (κ3) is 6.94. The van der Waals surface area contributed by atoms with E-state index in [0.29, 0.717) is 6.61 Å². The molecule has 0 aliphatic heterocycles. The fourth-order valence-electron chi connectivity index (χ4n) is 2.68. The van der Waals surface area contributed by atoms with Gasteiger partial charge in [-0.05, 0) is 46.0 Å². The van der Waals surface area contributed by atoms with Gasteiger partial charge in [0.15, 0.2) is 0 Å². The summed E-state index contributed by atoms with van der Waals surface area (Å²) < 4.78 is 5.77. The first-order valence-corrected chi connectivity index (χ1v) is 7.75. The number of rotatable bonds is 7. The molecular weight excluding hydrogens is 236 g/mol. The van der Waals surface area contributed by atoms with Gasteiger partial charge in [-0.15, -0.1) is 0 Å². The fourth-order valence-corrected chi connectivity index (χ4v) is 2.68. The van der Waals surface area contributed by atoms with Crippen LogP contribution in [0.4, 0.5) is 0 Å². The maximum absolute atomic E-state index is 8.93. The largest absolute Gasteiger partial charge is 0.380 e. The highest BCUT2D eigenvalue weighted by Crippen LogP contribution is 2.25. The Morgan fingerprint density at radius 3 is 2.37 bits per heavy atom. The molecule has 0 aromatic rings. The van der Waals surface area contributed by atoms with Crippen molar-refractivity contribution in [2.45, 2.75) is 77.2 Å². The second kappa shape index (κ2) is 7.87. The first-order chi connectivity index (χ1) is 8.97. The molecule has 0 aromatic carbocycles. The van der Waals surface area contributed by atoms with Gasteiger partial charge in [-0.1, -0.05) is 25.7 Å². The van der Waals surface area contributed by atoms with Crippen molar-refractivity contribution in [3.05, 3.63) is 0 Å². The molecular formula is C16H30N2O. The Morgan fingerprint density at radius 1 is 1.16 bits per heavy atom. The molecule has 1 fully saturated rings. The molecule has 2 N–H and O–H groups in total. The standard InChI is InChI=1S/C16H30N2O/c1-15(2,13-17)9-7-8-12-19-14-16(18)10-5-3-4-6-11-16/h3-12,14,18H2,1-2H3. The monoisotopic (exact) mass is 266 g/mol. The molecule has 3 nitrogen and oxygen atoms in total. The van der Waals surface area contributed by atoms with Crippen molar-refractivity contribution in [1.82, 2.24) is 0 Å². The van der Waals surface area contributed by atoms with Crippen molar-refractivity contribution < 1.29 is 4.74 Å². The maximum atomic E-state index is 8.93. The lowest BCUT2D eigenvalue weighted by Gasteiger charge is -2.27. The summed E-state index contributed by atoms with van der Waals surface area (Å²) in [6.45, 7) is 5.47. The minimum Gasteiger partial charge on any atom is -0.380 e. The van der Waals surface area contributed by atoms with Crippen molar-refractivity contribution in [1.29, 1.82) is 5.26 Å². The van der Waals surface area contributed by atoms with Gasteiger partial charge in [0.05, 0.1) is 18.1 Å². The molecule has 19 heavy (non-hydrogen) atoms. The predicted molar refractivity (Wildman–Crippen MR) is 78.7 cm³/mol. The number of hydrogen-bond donors (Lipinski definition) is 1. The average Bonchev–Trinajstić information content (AvgIpc) is 2.59. The molecule has 1 saturated carbocycles. The predicted octanol–water partition coefficient (Wildman–Crippen LogP) is 3.77. The van der Waals surface area contributed by atoms with Gasteiger partial charge >= 0.3 is 0 Å². The molecule has 3 heteroatoms. The van der Waals surface area contributed by atoms with E-state index in [1.54, 1.807) is 0 Å². The van der Waals surface area contributed by atoms with Crippen molar-refractivity contribution in [3.8, 4) is 6.07 Å². The van der Waals surface area contributed by atoms with E-state index >= 15 is 0 Å². The number of hydrogen-bond acceptors (Lipinski definition) is 3. The van der Waals surface area contributed by atoms with E-state index in [4.69, 9.17) is 15.7 Å². The van der Waals surface area contributed by atoms with Gasteiger partial charge in [0.25, 0.3) is 0 Å². The highest BCUT2D eigenvalue weighted by molar-refractivity contribution is 4.91. The Hall–Kier alpha value is -0.590. The van der Waals surface area contributed by atoms with Crippen LogP contribution in [0.25, 0.3) is 0 Å². The van der Waals surface area contributed by atoms with Crippen LogP contribution in [-0.2, 0) is 4.74 Å². The Labute approximate surface area is 118 Å². The van der Waals surface area contributed by atoms with Crippen LogP contribution in [0.1, 0.15) is 71.6 Å². The summed E-state index contributed by atoms with van der Waals surface area (Å²) in [6.07, 6.45) is 10.4. The third-order valence-electron chi connectivity index (χ3n) is 4.13. The Kier molecular flexibility index (Phi) is 6.82. The Morgan fingerprint density at radius 2 is 1.79 bits per heavy atom. The van der Waals surface area contributed by atoms with Gasteiger partial charge in [0.2, 0.25) is 0 Å². The zero-order valence-corrected chi connectivity index (χ0v) is 12.7. The molecule has 0 atom stereocenters. The number of unbranched alkanes of at least 4 members (excludes halogenated alkanes) is 1. The lowest BCUT2D eigenvalue weighted by Crippen LogP contribution is -2.44. The first kappa shape index (κ1) is 16.5. The van der Waals surface area contributed by atoms with E-state index in [1.807, 2.05) is 13.8 Å². The van der Waals surface area contributed by atoms with Crippen LogP contribution in [0.5, 0.6) is 0 Å². The summed E-state index contributed by atoms with van der Waals surface area (Å²) in [5.41, 5.74) is 6.12. The van der Waals surface area contributed by atoms with Crippen LogP contribution in [0, 0.1) is 16.7 Å². The molecule has 0 spiro atoms. The zero-order chi connectivity index (χ0) is 14.2. The molecule has 1 rings (SSSR count). The number of nitrogens with two attached hydrogens (primary N) is 1. The molecule has 0 amide bonds. The van der Waals surface area contributed by atoms with E-state index < -0.39 is 0 Å². The van der Waals surface area contributed by atoms with E-state index in [2.05, 4.69) is 6.07 Å². The normalized spacial score (nSPS) is 19.7. The summed E-state index contributed by atoms with van der Waals surface area (Å²) in [7, 11) is 0. The van der Waals surface area contributed by atoms with Gasteiger partial charge in [-0.2, -0.15) is 5.26 Å². The molecule has 0 saturated heterocycles. The molecule has 0 radical (unpaired) electrons. The Balaban J connectivity index is 2.08. The number of nitrogens with zero attached hydrogens (tertiary/aromatic N) is 1. The molecule has 0 unspecified atom stereocenters. The van der Waals surface area contributed by atoms with Gasteiger partial charge < -0.3 is 10.5 Å². The second-order valence-electron chi connectivity index (χ2n) is 6.78. The Bertz CT molecular complexity index is 286. The van der Waals surface area contributed by atoms with Crippen LogP contribution in [0.3, 0.4) is 0 Å². The van der Waals surface area contributed by atoms with Crippen LogP contribution in [0.15, 0.2) is 0 Å². The molecule has 1 aliphatic carbocycles. The highest BCUT2D eigenvalue weighted by Gasteiger charge is 2.26. The SMILES string of the molecule is CC(C)(C#N)CCCCOCC1(N)CCCCCC1. The van der Waals surface area contributed by atoms with Gasteiger partial charge in [-0.3, -0.25) is 0 Å². The summed E-state index contributed by atoms with van der Waals surface area (Å²) in [6, 6.07) is 2.34. The molecule has 0 bridgehead atoms. The van der Waals surface area contributed by atoms with E-state index in [1.165, 1.54) is 25.7 Å². The first-order valence-electron chi connectivity index (χ1n) is 7.75. The minimum absolute atomic E-state index is 0.0809. The topological polar surface area (TPSA) is 59.0 Å². The maximum Gasteiger partial charge on any atom is 0.0683 e. The molecule has 1 aliphatic rings. The fraction of sp³-hybridized carbons (Fsp3) is 0.938. The summed E-state index contributed by atoms with van der Waals surface area (Å²) in [5, 5.41) is 8.93. The third-order valence-corrected chi connectivity index (χ3v) is 4.13. The summed E-state index contributed by atoms with van der Waals surface area (Å²) >= 11 is 0. The smallest absolute Gasteiger partial charge is 0.0683 e. The van der Waals surface area contributed by atoms with Gasteiger partial charge in [0, 0.05) is 12.1 Å². The van der Waals surface area contributed by atoms with Crippen molar-refractivity contribution in [2.75, 3.05) is 13.2 Å². The van der Waals surface area contributed by atoms with Crippen molar-refractivity contribution >= 4 is 0 Å². The molecule has 0 aromatic heterocycles. The van der Waals surface area contributed by atoms with E-state index in [9.17, 15) is 0 Å². The minimum atomic E-state index is -0.198. The van der Waals surface area contributed by atoms with Crippen LogP contribution >= 0.6 is 0 Å². The molecule has 0 heterocycles. The van der Waals surface area contributed by atoms with Crippen LogP contribution < -0.4 is 5.73 Å². The second-order valence-corrected chi connectivity index (χ2v) is 6.78. The number of ether oxygens (including phenoxy) is 1. The van der Waals surface area contributed by atoms with Crippen molar-refractivity contribution in [2.24, 2.45) is 11.1 Å². The van der Waals surface area contributed by atoms with Gasteiger partial charge in [0.1, 0.15) is 0 Å². The quantitative estimate of drug-likeness (QED) is 0.563. The average molecular weight is 266 g/mol. The zero-order valence-electron chi connectivity index (χ0n) is 12.7. The lowest BCUT2D eigenvalue weighted by atomic mass is 9.89. The molecule has 110 valence electrons. The summed E-state index contributed by atoms with van der Waals surface area (Å²) in [4.78, 5) is 0. The van der Waals surface area contributed by atoms with Crippen LogP contribution in [0.2, 0.25) is 0 Å². The summed E-state index contributed by atoms with van der Waals surface area (Å²) in [5.74, 6) is 0. The van der Waals surface area contributed by atoms with E-state index in [0.717, 1.165) is 38.7 Å². The van der Waals surface area contributed by atoms with E-state index in [-0.39, 0.29) is 11.0 Å². The number of nitriles is 1. The lowest BCUT2D eigenvalue weighted by molar-refractivity contribution is 0.0744. The van der Waals surface area contributed by atoms with Crippen LogP contribution in [-0.4, -0.2) is 18.8 Å². The van der Waals surface area contributed by atoms with Gasteiger partial charge in [-0.25, -0.2) is 0 Å². The van der Waals surface area contributed by atoms with Crippen molar-refractivity contribution in [3.63, 3.8) is 0 Å². The highest BCUT2D eigenvalue weighted by atomic mass is 16.5.